The molecule has 0 aliphatic heterocycles. The third-order valence-electron chi connectivity index (χ3n) is 0.618. The number of rotatable bonds is 3. The Bertz CT molecular complexity index is 107. The fraction of sp³-hybridized carbons (Fsp3) is 0.667. The van der Waals surface area contributed by atoms with E-state index in [1.165, 1.54) is 7.05 Å². The maximum atomic E-state index is 9.66. The summed E-state index contributed by atoms with van der Waals surface area (Å²) in [6, 6.07) is 0. The summed E-state index contributed by atoms with van der Waals surface area (Å²) in [5.41, 5.74) is 0. The molecule has 0 fully saturated rings. The Labute approximate surface area is 74.4 Å². The van der Waals surface area contributed by atoms with Crippen molar-refractivity contribution in [2.24, 2.45) is 0 Å². The number of nitrogens with zero attached hydrogens (tertiary/aromatic N) is 2. The van der Waals surface area contributed by atoms with E-state index < -0.39 is 5.03 Å². The molecule has 0 saturated carbocycles. The van der Waals surface area contributed by atoms with Gasteiger partial charge in [-0.2, -0.15) is 0 Å². The first kappa shape index (κ1) is 11.6. The van der Waals surface area contributed by atoms with Crippen molar-refractivity contribution >= 4 is 35.8 Å². The van der Waals surface area contributed by atoms with E-state index in [4.69, 9.17) is 0 Å². The van der Waals surface area contributed by atoms with Gasteiger partial charge in [0, 0.05) is 0 Å². The molecule has 0 N–H and O–H groups in total. The first-order valence-corrected chi connectivity index (χ1v) is 1.97. The zero-order valence-electron chi connectivity index (χ0n) is 4.40. The summed E-state index contributed by atoms with van der Waals surface area (Å²) in [6.07, 6.45) is 0.475. The van der Waals surface area contributed by atoms with Gasteiger partial charge in [-0.05, 0) is 0 Å². The normalized spacial score (nSPS) is 7.22. The van der Waals surface area contributed by atoms with Crippen LogP contribution in [-0.2, 0) is 4.79 Å². The number of nitro groups is 1. The van der Waals surface area contributed by atoms with Crippen molar-refractivity contribution in [3.05, 3.63) is 10.1 Å². The minimum absolute atomic E-state index is 0. The van der Waals surface area contributed by atoms with Gasteiger partial charge in [0.05, 0.1) is 7.05 Å². The fourth-order valence-electron chi connectivity index (χ4n) is 0.175. The molecular weight excluding hydrogens is 135 g/mol. The van der Waals surface area contributed by atoms with Crippen LogP contribution in [0.25, 0.3) is 0 Å². The SMILES string of the molecule is CN(CC=O)[N+](=O)[O-].[NaH]. The van der Waals surface area contributed by atoms with Gasteiger partial charge in [0.15, 0.2) is 5.03 Å². The maximum absolute atomic E-state index is 9.66. The van der Waals surface area contributed by atoms with E-state index in [0.717, 1.165) is 0 Å². The molecular formula is C3H7N2NaO3. The molecule has 0 rings (SSSR count). The number of likely N-dealkylation sites (N-methyl/N-ethyl adjacent to an activating group) is 1. The third kappa shape index (κ3) is 5.75. The van der Waals surface area contributed by atoms with E-state index in [2.05, 4.69) is 0 Å². The molecule has 48 valence electrons. The second-order valence-corrected chi connectivity index (χ2v) is 1.24. The van der Waals surface area contributed by atoms with E-state index >= 15 is 0 Å². The number of aldehydes is 1. The van der Waals surface area contributed by atoms with E-state index in [-0.39, 0.29) is 36.1 Å². The molecule has 0 aromatic carbocycles. The van der Waals surface area contributed by atoms with Gasteiger partial charge >= 0.3 is 29.6 Å². The number of carbonyl (C=O) groups is 1. The van der Waals surface area contributed by atoms with Gasteiger partial charge in [0.1, 0.15) is 12.8 Å². The average Bonchev–Trinajstić information content (AvgIpc) is 1.67. The number of hydrogen-bond acceptors (Lipinski definition) is 3. The molecule has 0 aromatic rings. The fourth-order valence-corrected chi connectivity index (χ4v) is 0.175. The molecule has 0 bridgehead atoms. The van der Waals surface area contributed by atoms with Crippen molar-refractivity contribution in [1.29, 1.82) is 0 Å². The summed E-state index contributed by atoms with van der Waals surface area (Å²) in [7, 11) is 1.23. The number of carbonyl (C=O) groups excluding carboxylic acids is 1. The molecule has 0 radical (unpaired) electrons. The van der Waals surface area contributed by atoms with E-state index in [9.17, 15) is 14.9 Å². The molecule has 0 heterocycles. The van der Waals surface area contributed by atoms with Crippen LogP contribution in [0, 0.1) is 10.1 Å². The summed E-state index contributed by atoms with van der Waals surface area (Å²) in [6.45, 7) is -0.160. The average molecular weight is 142 g/mol. The molecule has 0 atom stereocenters. The Hall–Kier alpha value is -0.130. The van der Waals surface area contributed by atoms with Crippen LogP contribution < -0.4 is 0 Å². The molecule has 0 aliphatic carbocycles. The van der Waals surface area contributed by atoms with Gasteiger partial charge < -0.3 is 4.79 Å². The van der Waals surface area contributed by atoms with Crippen LogP contribution in [0.2, 0.25) is 0 Å². The zero-order valence-corrected chi connectivity index (χ0v) is 4.40. The van der Waals surface area contributed by atoms with E-state index in [1.807, 2.05) is 0 Å². The predicted molar refractivity (Wildman–Crippen MR) is 32.8 cm³/mol. The molecule has 0 unspecified atom stereocenters. The zero-order chi connectivity index (χ0) is 6.57. The Kier molecular flexibility index (Phi) is 7.76. The molecule has 9 heavy (non-hydrogen) atoms. The number of hydrogen-bond donors (Lipinski definition) is 0. The summed E-state index contributed by atoms with van der Waals surface area (Å²) >= 11 is 0. The van der Waals surface area contributed by atoms with Crippen LogP contribution >= 0.6 is 0 Å². The van der Waals surface area contributed by atoms with Crippen molar-refractivity contribution in [3.8, 4) is 0 Å². The van der Waals surface area contributed by atoms with Crippen LogP contribution in [-0.4, -0.2) is 59.5 Å². The van der Waals surface area contributed by atoms with Gasteiger partial charge in [0.2, 0.25) is 0 Å². The summed E-state index contributed by atoms with van der Waals surface area (Å²) in [5.74, 6) is 0. The molecule has 0 saturated heterocycles. The van der Waals surface area contributed by atoms with Crippen molar-refractivity contribution in [3.63, 3.8) is 0 Å². The van der Waals surface area contributed by atoms with Crippen molar-refractivity contribution in [2.75, 3.05) is 13.6 Å². The first-order chi connectivity index (χ1) is 3.68. The Morgan fingerprint density at radius 1 is 1.78 bits per heavy atom. The van der Waals surface area contributed by atoms with Crippen molar-refractivity contribution in [2.45, 2.75) is 0 Å². The molecule has 0 aromatic heterocycles. The van der Waals surface area contributed by atoms with Crippen LogP contribution in [0.3, 0.4) is 0 Å². The van der Waals surface area contributed by atoms with Crippen LogP contribution in [0.4, 0.5) is 0 Å². The molecule has 0 spiro atoms. The van der Waals surface area contributed by atoms with Gasteiger partial charge in [0.25, 0.3) is 0 Å². The summed E-state index contributed by atoms with van der Waals surface area (Å²) < 4.78 is 0. The van der Waals surface area contributed by atoms with Crippen LogP contribution in [0.15, 0.2) is 0 Å². The van der Waals surface area contributed by atoms with E-state index in [0.29, 0.717) is 11.3 Å². The third-order valence-corrected chi connectivity index (χ3v) is 0.618. The monoisotopic (exact) mass is 142 g/mol. The Morgan fingerprint density at radius 2 is 2.22 bits per heavy atom. The predicted octanol–water partition coefficient (Wildman–Crippen LogP) is -1.34. The van der Waals surface area contributed by atoms with Crippen LogP contribution in [0.1, 0.15) is 0 Å². The quantitative estimate of drug-likeness (QED) is 0.212. The Morgan fingerprint density at radius 3 is 2.33 bits per heavy atom. The Balaban J connectivity index is 0. The number of hydrazine groups is 1. The minimum atomic E-state index is -0.644. The first-order valence-electron chi connectivity index (χ1n) is 1.97. The van der Waals surface area contributed by atoms with Crippen molar-refractivity contribution in [1.82, 2.24) is 5.01 Å². The van der Waals surface area contributed by atoms with Gasteiger partial charge in [-0.3, -0.25) is 0 Å². The second kappa shape index (κ2) is 6.00. The topological polar surface area (TPSA) is 63.5 Å². The van der Waals surface area contributed by atoms with Crippen LogP contribution in [0.5, 0.6) is 0 Å². The standard InChI is InChI=1S/C3H6N2O3.Na.H/c1-4(2-3-6)5(7)8;;/h3H,2H2,1H3;;. The van der Waals surface area contributed by atoms with Gasteiger partial charge in [-0.15, -0.1) is 5.01 Å². The summed E-state index contributed by atoms with van der Waals surface area (Å²) in [5, 5.41) is 9.72. The molecule has 0 amide bonds. The summed E-state index contributed by atoms with van der Waals surface area (Å²) in [4.78, 5) is 19.2. The molecule has 6 heteroatoms. The molecule has 0 aliphatic rings. The van der Waals surface area contributed by atoms with Crippen molar-refractivity contribution < 1.29 is 9.83 Å². The molecule has 5 nitrogen and oxygen atoms in total. The van der Waals surface area contributed by atoms with E-state index in [1.54, 1.807) is 0 Å². The van der Waals surface area contributed by atoms with Gasteiger partial charge in [-0.25, -0.2) is 10.1 Å². The van der Waals surface area contributed by atoms with Gasteiger partial charge in [-0.1, -0.05) is 0 Å². The second-order valence-electron chi connectivity index (χ2n) is 1.24.